The maximum Gasteiger partial charge on any atom is 0.274 e. The predicted octanol–water partition coefficient (Wildman–Crippen LogP) is 3.06. The summed E-state index contributed by atoms with van der Waals surface area (Å²) in [5.41, 5.74) is 1.19. The van der Waals surface area contributed by atoms with Gasteiger partial charge in [0.25, 0.3) is 5.91 Å². The van der Waals surface area contributed by atoms with Crippen LogP contribution in [0.25, 0.3) is 0 Å². The van der Waals surface area contributed by atoms with E-state index in [9.17, 15) is 4.79 Å². The second-order valence-electron chi connectivity index (χ2n) is 5.77. The highest BCUT2D eigenvalue weighted by Gasteiger charge is 2.16. The van der Waals surface area contributed by atoms with E-state index in [0.29, 0.717) is 23.0 Å². The lowest BCUT2D eigenvalue weighted by atomic mass is 10.3. The predicted molar refractivity (Wildman–Crippen MR) is 98.0 cm³/mol. The summed E-state index contributed by atoms with van der Waals surface area (Å²) in [6.45, 7) is 3.41. The Morgan fingerprint density at radius 2 is 1.92 bits per heavy atom. The van der Waals surface area contributed by atoms with Crippen molar-refractivity contribution in [3.63, 3.8) is 0 Å². The smallest absolute Gasteiger partial charge is 0.274 e. The molecule has 0 atom stereocenters. The Morgan fingerprint density at radius 1 is 1.15 bits per heavy atom. The number of amides is 1. The number of hydrogen-bond donors (Lipinski definition) is 0. The topological polar surface area (TPSA) is 65.2 Å². The first kappa shape index (κ1) is 18.0. The number of hydrogen-bond acceptors (Lipinski definition) is 4. The van der Waals surface area contributed by atoms with E-state index in [1.54, 1.807) is 41.0 Å². The fourth-order valence-electron chi connectivity index (χ4n) is 2.42. The highest BCUT2D eigenvalue weighted by molar-refractivity contribution is 6.32. The van der Waals surface area contributed by atoms with E-state index in [-0.39, 0.29) is 12.6 Å². The van der Waals surface area contributed by atoms with Gasteiger partial charge in [0.05, 0.1) is 17.3 Å². The molecule has 26 heavy (non-hydrogen) atoms. The van der Waals surface area contributed by atoms with E-state index in [1.807, 2.05) is 36.0 Å². The normalized spacial score (nSPS) is 10.7. The van der Waals surface area contributed by atoms with Crippen LogP contribution in [0.5, 0.6) is 5.75 Å². The molecule has 0 saturated carbocycles. The van der Waals surface area contributed by atoms with Crippen molar-refractivity contribution >= 4 is 17.5 Å². The quantitative estimate of drug-likeness (QED) is 0.638. The molecule has 2 aromatic heterocycles. The van der Waals surface area contributed by atoms with E-state index in [1.165, 1.54) is 0 Å². The van der Waals surface area contributed by atoms with E-state index in [0.717, 1.165) is 12.2 Å². The van der Waals surface area contributed by atoms with Crippen LogP contribution in [0.15, 0.2) is 48.8 Å². The SMILES string of the molecule is CCn1ccc(CN(C)C(=O)c2ccn(COc3ccccc3Cl)n2)n1. The Morgan fingerprint density at radius 3 is 2.65 bits per heavy atom. The van der Waals surface area contributed by atoms with Crippen LogP contribution in [0.2, 0.25) is 5.02 Å². The fourth-order valence-corrected chi connectivity index (χ4v) is 2.61. The summed E-state index contributed by atoms with van der Waals surface area (Å²) in [5, 5.41) is 9.19. The lowest BCUT2D eigenvalue weighted by molar-refractivity contribution is 0.0775. The maximum absolute atomic E-state index is 12.5. The molecule has 7 nitrogen and oxygen atoms in total. The zero-order valence-corrected chi connectivity index (χ0v) is 15.4. The van der Waals surface area contributed by atoms with Gasteiger partial charge in [0.2, 0.25) is 0 Å². The van der Waals surface area contributed by atoms with Crippen LogP contribution in [-0.2, 0) is 19.8 Å². The van der Waals surface area contributed by atoms with E-state index < -0.39 is 0 Å². The maximum atomic E-state index is 12.5. The molecule has 136 valence electrons. The van der Waals surface area contributed by atoms with Crippen LogP contribution in [-0.4, -0.2) is 37.4 Å². The van der Waals surface area contributed by atoms with Crippen molar-refractivity contribution in [3.8, 4) is 5.75 Å². The third-order valence-corrected chi connectivity index (χ3v) is 4.13. The first-order valence-electron chi connectivity index (χ1n) is 8.25. The molecule has 0 aliphatic carbocycles. The van der Waals surface area contributed by atoms with Gasteiger partial charge in [0, 0.05) is 26.0 Å². The van der Waals surface area contributed by atoms with Crippen LogP contribution < -0.4 is 4.74 Å². The van der Waals surface area contributed by atoms with Gasteiger partial charge in [-0.15, -0.1) is 0 Å². The number of aromatic nitrogens is 4. The minimum atomic E-state index is -0.174. The Bertz CT molecular complexity index is 889. The number of nitrogens with zero attached hydrogens (tertiary/aromatic N) is 5. The third-order valence-electron chi connectivity index (χ3n) is 3.81. The lowest BCUT2D eigenvalue weighted by Crippen LogP contribution is -2.27. The van der Waals surface area contributed by atoms with Crippen LogP contribution in [0.4, 0.5) is 0 Å². The summed E-state index contributed by atoms with van der Waals surface area (Å²) in [4.78, 5) is 14.1. The van der Waals surface area contributed by atoms with E-state index >= 15 is 0 Å². The van der Waals surface area contributed by atoms with Gasteiger partial charge in [-0.2, -0.15) is 10.2 Å². The second-order valence-corrected chi connectivity index (χ2v) is 6.18. The number of carbonyl (C=O) groups is 1. The fraction of sp³-hybridized carbons (Fsp3) is 0.278. The molecule has 3 rings (SSSR count). The first-order valence-corrected chi connectivity index (χ1v) is 8.63. The van der Waals surface area contributed by atoms with E-state index in [4.69, 9.17) is 16.3 Å². The average molecular weight is 374 g/mol. The van der Waals surface area contributed by atoms with Crippen LogP contribution in [0.3, 0.4) is 0 Å². The largest absolute Gasteiger partial charge is 0.470 e. The van der Waals surface area contributed by atoms with Crippen molar-refractivity contribution in [3.05, 3.63) is 65.2 Å². The molecule has 0 aliphatic rings. The number of benzene rings is 1. The van der Waals surface area contributed by atoms with Crippen molar-refractivity contribution in [1.82, 2.24) is 24.5 Å². The number of ether oxygens (including phenoxy) is 1. The number of carbonyl (C=O) groups excluding carboxylic acids is 1. The Kier molecular flexibility index (Phi) is 5.58. The Hall–Kier alpha value is -2.80. The summed E-state index contributed by atoms with van der Waals surface area (Å²) in [6, 6.07) is 10.8. The van der Waals surface area contributed by atoms with Crippen molar-refractivity contribution in [2.45, 2.75) is 26.7 Å². The minimum absolute atomic E-state index is 0.168. The number of aryl methyl sites for hydroxylation is 1. The summed E-state index contributed by atoms with van der Waals surface area (Å²) < 4.78 is 9.00. The summed E-state index contributed by atoms with van der Waals surface area (Å²) >= 11 is 6.05. The molecule has 0 saturated heterocycles. The summed E-state index contributed by atoms with van der Waals surface area (Å²) in [7, 11) is 1.73. The molecular formula is C18H20ClN5O2. The van der Waals surface area contributed by atoms with Gasteiger partial charge >= 0.3 is 0 Å². The number of rotatable bonds is 7. The van der Waals surface area contributed by atoms with Crippen molar-refractivity contribution < 1.29 is 9.53 Å². The second kappa shape index (κ2) is 8.05. The monoisotopic (exact) mass is 373 g/mol. The first-order chi connectivity index (χ1) is 12.6. The number of para-hydroxylation sites is 1. The van der Waals surface area contributed by atoms with Crippen molar-refractivity contribution in [1.29, 1.82) is 0 Å². The van der Waals surface area contributed by atoms with Crippen LogP contribution >= 0.6 is 11.6 Å². The van der Waals surface area contributed by atoms with Gasteiger partial charge in [-0.25, -0.2) is 4.68 Å². The molecule has 1 amide bonds. The van der Waals surface area contributed by atoms with Gasteiger partial charge in [-0.3, -0.25) is 9.48 Å². The zero-order chi connectivity index (χ0) is 18.5. The summed E-state index contributed by atoms with van der Waals surface area (Å²) in [5.74, 6) is 0.397. The van der Waals surface area contributed by atoms with Crippen molar-refractivity contribution in [2.75, 3.05) is 7.05 Å². The van der Waals surface area contributed by atoms with Crippen LogP contribution in [0, 0.1) is 0 Å². The molecule has 0 N–H and O–H groups in total. The lowest BCUT2D eigenvalue weighted by Gasteiger charge is -2.14. The van der Waals surface area contributed by atoms with Crippen LogP contribution in [0.1, 0.15) is 23.1 Å². The number of halogens is 1. The average Bonchev–Trinajstić information content (AvgIpc) is 3.29. The molecule has 0 unspecified atom stereocenters. The molecule has 0 fully saturated rings. The molecular weight excluding hydrogens is 354 g/mol. The molecule has 0 aliphatic heterocycles. The minimum Gasteiger partial charge on any atom is -0.470 e. The van der Waals surface area contributed by atoms with Gasteiger partial charge in [0.15, 0.2) is 12.4 Å². The van der Waals surface area contributed by atoms with E-state index in [2.05, 4.69) is 10.2 Å². The molecule has 2 heterocycles. The Labute approximate surface area is 156 Å². The third kappa shape index (κ3) is 4.23. The summed E-state index contributed by atoms with van der Waals surface area (Å²) in [6.07, 6.45) is 3.60. The van der Waals surface area contributed by atoms with Gasteiger partial charge in [-0.1, -0.05) is 23.7 Å². The molecule has 3 aromatic rings. The highest BCUT2D eigenvalue weighted by atomic mass is 35.5. The zero-order valence-electron chi connectivity index (χ0n) is 14.7. The molecule has 0 radical (unpaired) electrons. The van der Waals surface area contributed by atoms with Gasteiger partial charge in [-0.05, 0) is 31.2 Å². The van der Waals surface area contributed by atoms with Gasteiger partial charge in [0.1, 0.15) is 5.75 Å². The molecule has 8 heteroatoms. The van der Waals surface area contributed by atoms with Crippen molar-refractivity contribution in [2.24, 2.45) is 0 Å². The highest BCUT2D eigenvalue weighted by Crippen LogP contribution is 2.23. The molecule has 0 bridgehead atoms. The Balaban J connectivity index is 1.59. The van der Waals surface area contributed by atoms with Gasteiger partial charge < -0.3 is 9.64 Å². The molecule has 0 spiro atoms. The standard InChI is InChI=1S/C18H20ClN5O2/c1-3-23-10-8-14(20-23)12-22(2)18(25)16-9-11-24(21-16)13-26-17-7-5-4-6-15(17)19/h4-11H,3,12-13H2,1-2H3. The molecule has 1 aromatic carbocycles.